The second kappa shape index (κ2) is 12.8. The molecule has 6 nitrogen and oxygen atoms in total. The van der Waals surface area contributed by atoms with Gasteiger partial charge in [-0.3, -0.25) is 0 Å². The summed E-state index contributed by atoms with van der Waals surface area (Å²) in [5.74, 6) is 2.58. The van der Waals surface area contributed by atoms with Crippen molar-refractivity contribution in [3.8, 4) is 5.75 Å². The number of rotatable bonds is 8. The van der Waals surface area contributed by atoms with Gasteiger partial charge in [0.15, 0.2) is 0 Å². The molecule has 0 spiro atoms. The Morgan fingerprint density at radius 1 is 0.811 bits per heavy atom. The first-order valence-corrected chi connectivity index (χ1v) is 13.7. The maximum atomic E-state index is 12.1. The first-order valence-electron chi connectivity index (χ1n) is 13.7. The molecule has 6 heteroatoms. The smallest absolute Gasteiger partial charge is 0.336 e. The molecule has 2 aromatic rings. The van der Waals surface area contributed by atoms with Crippen molar-refractivity contribution in [2.75, 3.05) is 18.1 Å². The first kappa shape index (κ1) is 26.8. The van der Waals surface area contributed by atoms with E-state index in [9.17, 15) is 9.59 Å². The highest BCUT2D eigenvalue weighted by molar-refractivity contribution is 5.92. The lowest BCUT2D eigenvalue weighted by Gasteiger charge is -2.37. The van der Waals surface area contributed by atoms with Crippen molar-refractivity contribution in [2.24, 2.45) is 17.8 Å². The average molecular weight is 505 g/mol. The van der Waals surface area contributed by atoms with E-state index in [-0.39, 0.29) is 6.61 Å². The molecule has 0 unspecified atom stereocenters. The largest absolute Gasteiger partial charge is 0.462 e. The third-order valence-corrected chi connectivity index (χ3v) is 8.10. The number of benzene rings is 2. The molecule has 4 N–H and O–H groups in total. The third kappa shape index (κ3) is 8.11. The van der Waals surface area contributed by atoms with Crippen LogP contribution < -0.4 is 16.2 Å². The number of carbonyl (C=O) groups excluding carboxylic acids is 2. The molecule has 0 heterocycles. The van der Waals surface area contributed by atoms with Crippen LogP contribution in [0.1, 0.15) is 75.3 Å². The number of esters is 2. The van der Waals surface area contributed by atoms with E-state index < -0.39 is 11.9 Å². The normalized spacial score (nSPS) is 24.0. The van der Waals surface area contributed by atoms with E-state index in [0.717, 1.165) is 35.5 Å². The maximum Gasteiger partial charge on any atom is 0.336 e. The molecule has 2 aliphatic carbocycles. The van der Waals surface area contributed by atoms with Crippen molar-refractivity contribution < 1.29 is 19.1 Å². The lowest BCUT2D eigenvalue weighted by atomic mass is 9.68. The van der Waals surface area contributed by atoms with Crippen molar-refractivity contribution in [2.45, 2.75) is 70.6 Å². The van der Waals surface area contributed by atoms with Crippen molar-refractivity contribution in [3.63, 3.8) is 0 Å². The van der Waals surface area contributed by atoms with Gasteiger partial charge in [0.2, 0.25) is 0 Å². The topological polar surface area (TPSA) is 105 Å². The summed E-state index contributed by atoms with van der Waals surface area (Å²) < 4.78 is 10.5. The summed E-state index contributed by atoms with van der Waals surface area (Å²) in [6.45, 7) is 2.55. The summed E-state index contributed by atoms with van der Waals surface area (Å²) in [5, 5.41) is 0. The van der Waals surface area contributed by atoms with E-state index >= 15 is 0 Å². The van der Waals surface area contributed by atoms with Crippen LogP contribution >= 0.6 is 0 Å². The fraction of sp³-hybridized carbons (Fsp3) is 0.484. The number of nitrogen functional groups attached to an aromatic ring is 2. The van der Waals surface area contributed by atoms with Crippen LogP contribution in [-0.2, 0) is 20.7 Å². The van der Waals surface area contributed by atoms with E-state index in [2.05, 4.69) is 19.1 Å². The molecule has 4 rings (SSSR count). The molecular weight excluding hydrogens is 464 g/mol. The standard InChI is InChI=1S/C31H40N2O4/c1-21-2-4-23(5-3-21)24-6-8-25(9-7-24)26-10-12-29(13-11-26)37-31(35)15-14-30(34)36-17-16-22-18-27(32)20-28(33)19-22/h10-15,18-21,23-25H,2-9,16-17,32-33H2,1H3/b15-14-. The molecule has 0 aromatic heterocycles. The molecular formula is C31H40N2O4. The second-order valence-electron chi connectivity index (χ2n) is 10.9. The Balaban J connectivity index is 1.17. The van der Waals surface area contributed by atoms with Crippen molar-refractivity contribution in [1.29, 1.82) is 0 Å². The van der Waals surface area contributed by atoms with Gasteiger partial charge in [-0.15, -0.1) is 0 Å². The highest BCUT2D eigenvalue weighted by Gasteiger charge is 2.30. The third-order valence-electron chi connectivity index (χ3n) is 8.10. The van der Waals surface area contributed by atoms with Crippen LogP contribution in [0.15, 0.2) is 54.6 Å². The fourth-order valence-electron chi connectivity index (χ4n) is 5.98. The average Bonchev–Trinajstić information content (AvgIpc) is 2.88. The van der Waals surface area contributed by atoms with Crippen LogP contribution in [0.5, 0.6) is 5.75 Å². The van der Waals surface area contributed by atoms with Crippen molar-refractivity contribution in [3.05, 3.63) is 65.7 Å². The Labute approximate surface area is 220 Å². The van der Waals surface area contributed by atoms with Crippen LogP contribution in [0.25, 0.3) is 0 Å². The van der Waals surface area contributed by atoms with Gasteiger partial charge in [0.05, 0.1) is 6.61 Å². The quantitative estimate of drug-likeness (QED) is 0.192. The molecule has 0 bridgehead atoms. The van der Waals surface area contributed by atoms with Crippen molar-refractivity contribution in [1.82, 2.24) is 0 Å². The molecule has 198 valence electrons. The Bertz CT molecular complexity index is 1060. The summed E-state index contributed by atoms with van der Waals surface area (Å²) in [4.78, 5) is 24.1. The molecule has 0 radical (unpaired) electrons. The minimum atomic E-state index is -0.615. The first-order chi connectivity index (χ1) is 17.9. The minimum absolute atomic E-state index is 0.157. The van der Waals surface area contributed by atoms with Gasteiger partial charge in [0, 0.05) is 29.9 Å². The number of nitrogens with two attached hydrogens (primary N) is 2. The summed E-state index contributed by atoms with van der Waals surface area (Å²) in [5.41, 5.74) is 14.9. The van der Waals surface area contributed by atoms with Gasteiger partial charge >= 0.3 is 11.9 Å². The predicted molar refractivity (Wildman–Crippen MR) is 147 cm³/mol. The predicted octanol–water partition coefficient (Wildman–Crippen LogP) is 6.20. The number of anilines is 2. The highest BCUT2D eigenvalue weighted by Crippen LogP contribution is 2.43. The van der Waals surface area contributed by atoms with Crippen LogP contribution in [0.4, 0.5) is 11.4 Å². The van der Waals surface area contributed by atoms with Crippen LogP contribution in [0.2, 0.25) is 0 Å². The summed E-state index contributed by atoms with van der Waals surface area (Å²) in [6, 6.07) is 13.0. The van der Waals surface area contributed by atoms with Crippen LogP contribution in [-0.4, -0.2) is 18.5 Å². The molecule has 0 aliphatic heterocycles. The van der Waals surface area contributed by atoms with Gasteiger partial charge in [-0.2, -0.15) is 0 Å². The van der Waals surface area contributed by atoms with E-state index in [1.807, 2.05) is 12.1 Å². The number of carbonyl (C=O) groups is 2. The van der Waals surface area contributed by atoms with E-state index in [0.29, 0.717) is 29.5 Å². The van der Waals surface area contributed by atoms with Crippen LogP contribution in [0.3, 0.4) is 0 Å². The lowest BCUT2D eigenvalue weighted by Crippen LogP contribution is -2.24. The molecule has 0 saturated heterocycles. The maximum absolute atomic E-state index is 12.1. The van der Waals surface area contributed by atoms with E-state index in [1.165, 1.54) is 56.9 Å². The minimum Gasteiger partial charge on any atom is -0.462 e. The van der Waals surface area contributed by atoms with Gasteiger partial charge in [-0.1, -0.05) is 31.9 Å². The fourth-order valence-corrected chi connectivity index (χ4v) is 5.98. The summed E-state index contributed by atoms with van der Waals surface area (Å²) >= 11 is 0. The lowest BCUT2D eigenvalue weighted by molar-refractivity contribution is -0.138. The van der Waals surface area contributed by atoms with Gasteiger partial charge < -0.3 is 20.9 Å². The van der Waals surface area contributed by atoms with E-state index in [4.69, 9.17) is 20.9 Å². The summed E-state index contributed by atoms with van der Waals surface area (Å²) in [7, 11) is 0. The zero-order chi connectivity index (χ0) is 26.2. The Morgan fingerprint density at radius 2 is 1.38 bits per heavy atom. The number of hydrogen-bond donors (Lipinski definition) is 2. The van der Waals surface area contributed by atoms with Crippen molar-refractivity contribution >= 4 is 23.3 Å². The van der Waals surface area contributed by atoms with Gasteiger partial charge in [-0.05, 0) is 104 Å². The highest BCUT2D eigenvalue weighted by atomic mass is 16.5. The SMILES string of the molecule is CC1CCC(C2CCC(c3ccc(OC(=O)/C=C\C(=O)OCCc4cc(N)cc(N)c4)cc3)CC2)CC1. The number of hydrogen-bond acceptors (Lipinski definition) is 6. The van der Waals surface area contributed by atoms with Gasteiger partial charge in [-0.25, -0.2) is 9.59 Å². The second-order valence-corrected chi connectivity index (χ2v) is 10.9. The molecule has 2 fully saturated rings. The van der Waals surface area contributed by atoms with E-state index in [1.54, 1.807) is 18.2 Å². The Morgan fingerprint density at radius 3 is 2.00 bits per heavy atom. The Hall–Kier alpha value is -3.28. The zero-order valence-corrected chi connectivity index (χ0v) is 21.9. The molecule has 2 aliphatic rings. The van der Waals surface area contributed by atoms with Gasteiger partial charge in [0.1, 0.15) is 5.75 Å². The molecule has 2 saturated carbocycles. The summed E-state index contributed by atoms with van der Waals surface area (Å²) in [6.07, 6.45) is 13.4. The van der Waals surface area contributed by atoms with Gasteiger partial charge in [0.25, 0.3) is 0 Å². The molecule has 2 aromatic carbocycles. The number of ether oxygens (including phenoxy) is 2. The van der Waals surface area contributed by atoms with Crippen LogP contribution in [0, 0.1) is 17.8 Å². The Kier molecular flexibility index (Phi) is 9.26. The monoisotopic (exact) mass is 504 g/mol. The zero-order valence-electron chi connectivity index (χ0n) is 21.9. The molecule has 0 amide bonds. The molecule has 0 atom stereocenters. The molecule has 37 heavy (non-hydrogen) atoms.